The van der Waals surface area contributed by atoms with E-state index >= 15 is 0 Å². The van der Waals surface area contributed by atoms with Crippen LogP contribution in [0.4, 0.5) is 0 Å². The number of aromatic nitrogens is 4. The Hall–Kier alpha value is -6.39. The van der Waals surface area contributed by atoms with Gasteiger partial charge in [0.2, 0.25) is 0 Å². The second-order valence-corrected chi connectivity index (χ2v) is 12.0. The minimum Gasteiger partial charge on any atom is -0.298 e. The number of fused-ring (bicyclic) bond motifs is 8. The summed E-state index contributed by atoms with van der Waals surface area (Å²) < 4.78 is 2.16. The first kappa shape index (κ1) is 25.9. The molecule has 0 saturated heterocycles. The SMILES string of the molecule is c1ccc(-c2nc3ccc(-c4c5ccccc5c(-c5ccc6ccccc6n5)c5ccccc45)cc3c3nc4ccccn4c23)cc1. The zero-order chi connectivity index (χ0) is 30.9. The van der Waals surface area contributed by atoms with Crippen molar-refractivity contribution in [1.29, 1.82) is 0 Å². The molecule has 0 aliphatic rings. The van der Waals surface area contributed by atoms with E-state index in [1.165, 1.54) is 27.1 Å². The van der Waals surface area contributed by atoms with Gasteiger partial charge in [-0.2, -0.15) is 0 Å². The quantitative estimate of drug-likeness (QED) is 0.190. The first-order valence-corrected chi connectivity index (χ1v) is 15.9. The largest absolute Gasteiger partial charge is 0.298 e. The van der Waals surface area contributed by atoms with E-state index in [1.54, 1.807) is 0 Å². The molecule has 0 atom stereocenters. The second-order valence-electron chi connectivity index (χ2n) is 12.0. The van der Waals surface area contributed by atoms with Crippen LogP contribution in [0.25, 0.3) is 93.7 Å². The van der Waals surface area contributed by atoms with Crippen molar-refractivity contribution in [2.75, 3.05) is 0 Å². The topological polar surface area (TPSA) is 43.1 Å². The maximum Gasteiger partial charge on any atom is 0.137 e. The maximum atomic E-state index is 5.26. The number of imidazole rings is 1. The summed E-state index contributed by atoms with van der Waals surface area (Å²) in [6.45, 7) is 0. The normalized spacial score (nSPS) is 11.8. The lowest BCUT2D eigenvalue weighted by molar-refractivity contribution is 1.22. The van der Waals surface area contributed by atoms with Gasteiger partial charge in [-0.3, -0.25) is 4.40 Å². The predicted molar refractivity (Wildman–Crippen MR) is 195 cm³/mol. The number of hydrogen-bond donors (Lipinski definition) is 0. The van der Waals surface area contributed by atoms with E-state index in [9.17, 15) is 0 Å². The van der Waals surface area contributed by atoms with Crippen LogP contribution in [0, 0.1) is 0 Å². The van der Waals surface area contributed by atoms with Gasteiger partial charge < -0.3 is 0 Å². The van der Waals surface area contributed by atoms with Crippen molar-refractivity contribution in [3.63, 3.8) is 0 Å². The van der Waals surface area contributed by atoms with Crippen LogP contribution in [0.5, 0.6) is 0 Å². The Bertz CT molecular complexity index is 2790. The standard InChI is InChI=1S/C43H26N4/c1-2-13-28(14-3-1)41-43-42(46-38-20-10-11-25-47(38)43)34-26-29(22-23-36(34)45-41)39-30-15-5-7-17-32(30)40(33-18-8-6-16-31(33)39)37-24-21-27-12-4-9-19-35(27)44-37/h1-26H. The van der Waals surface area contributed by atoms with Crippen molar-refractivity contribution in [2.24, 2.45) is 0 Å². The van der Waals surface area contributed by atoms with E-state index in [-0.39, 0.29) is 0 Å². The summed E-state index contributed by atoms with van der Waals surface area (Å²) in [6.07, 6.45) is 2.08. The van der Waals surface area contributed by atoms with E-state index in [2.05, 4.69) is 144 Å². The zero-order valence-corrected chi connectivity index (χ0v) is 25.3. The van der Waals surface area contributed by atoms with Gasteiger partial charge >= 0.3 is 0 Å². The number of para-hydroxylation sites is 1. The Labute approximate surface area is 270 Å². The van der Waals surface area contributed by atoms with E-state index in [0.29, 0.717) is 0 Å². The van der Waals surface area contributed by atoms with Gasteiger partial charge in [-0.1, -0.05) is 115 Å². The molecule has 0 unspecified atom stereocenters. The maximum absolute atomic E-state index is 5.26. The lowest BCUT2D eigenvalue weighted by atomic mass is 9.87. The molecule has 0 aliphatic carbocycles. The summed E-state index contributed by atoms with van der Waals surface area (Å²) in [5.41, 5.74) is 11.3. The first-order chi connectivity index (χ1) is 23.3. The van der Waals surface area contributed by atoms with Crippen LogP contribution in [0.3, 0.4) is 0 Å². The number of benzene rings is 6. The minimum absolute atomic E-state index is 0.905. The molecule has 4 nitrogen and oxygen atoms in total. The second kappa shape index (κ2) is 10.1. The predicted octanol–water partition coefficient (Wildman–Crippen LogP) is 10.9. The van der Waals surface area contributed by atoms with Gasteiger partial charge in [-0.25, -0.2) is 15.0 Å². The van der Waals surface area contributed by atoms with Crippen LogP contribution < -0.4 is 0 Å². The summed E-state index contributed by atoms with van der Waals surface area (Å²) in [5.74, 6) is 0. The highest BCUT2D eigenvalue weighted by molar-refractivity contribution is 6.22. The van der Waals surface area contributed by atoms with Gasteiger partial charge in [0.1, 0.15) is 11.2 Å². The van der Waals surface area contributed by atoms with Gasteiger partial charge in [-0.15, -0.1) is 0 Å². The first-order valence-electron chi connectivity index (χ1n) is 15.9. The Morgan fingerprint density at radius 1 is 0.426 bits per heavy atom. The molecule has 10 rings (SSSR count). The lowest BCUT2D eigenvalue weighted by Gasteiger charge is -2.18. The fraction of sp³-hybridized carbons (Fsp3) is 0. The van der Waals surface area contributed by atoms with E-state index < -0.39 is 0 Å². The summed E-state index contributed by atoms with van der Waals surface area (Å²) in [4.78, 5) is 15.6. The summed E-state index contributed by atoms with van der Waals surface area (Å²) in [5, 5.41) is 6.92. The molecule has 4 heterocycles. The van der Waals surface area contributed by atoms with Crippen molar-refractivity contribution in [1.82, 2.24) is 19.4 Å². The summed E-state index contributed by atoms with van der Waals surface area (Å²) in [6, 6.07) is 53.3. The van der Waals surface area contributed by atoms with Crippen LogP contribution in [0.2, 0.25) is 0 Å². The third kappa shape index (κ3) is 3.92. The molecule has 0 aliphatic heterocycles. The molecule has 0 radical (unpaired) electrons. The van der Waals surface area contributed by atoms with E-state index in [0.717, 1.165) is 66.6 Å². The highest BCUT2D eigenvalue weighted by Gasteiger charge is 2.20. The van der Waals surface area contributed by atoms with E-state index in [4.69, 9.17) is 15.0 Å². The molecule has 10 aromatic rings. The molecule has 47 heavy (non-hydrogen) atoms. The van der Waals surface area contributed by atoms with Crippen molar-refractivity contribution in [2.45, 2.75) is 0 Å². The average molecular weight is 599 g/mol. The molecule has 0 fully saturated rings. The zero-order valence-electron chi connectivity index (χ0n) is 25.3. The third-order valence-corrected chi connectivity index (χ3v) is 9.36. The van der Waals surface area contributed by atoms with Crippen molar-refractivity contribution in [3.05, 3.63) is 158 Å². The Balaban J connectivity index is 1.29. The number of hydrogen-bond acceptors (Lipinski definition) is 3. The van der Waals surface area contributed by atoms with Crippen LogP contribution in [0.1, 0.15) is 0 Å². The fourth-order valence-corrected chi connectivity index (χ4v) is 7.28. The van der Waals surface area contributed by atoms with Crippen LogP contribution in [0.15, 0.2) is 158 Å². The number of nitrogens with zero attached hydrogens (tertiary/aromatic N) is 4. The number of pyridine rings is 3. The monoisotopic (exact) mass is 598 g/mol. The smallest absolute Gasteiger partial charge is 0.137 e. The Kier molecular flexibility index (Phi) is 5.54. The van der Waals surface area contributed by atoms with Crippen molar-refractivity contribution < 1.29 is 0 Å². The van der Waals surface area contributed by atoms with Crippen LogP contribution >= 0.6 is 0 Å². The lowest BCUT2D eigenvalue weighted by Crippen LogP contribution is -1.94. The molecule has 0 N–H and O–H groups in total. The Morgan fingerprint density at radius 2 is 1.11 bits per heavy atom. The van der Waals surface area contributed by atoms with Crippen LogP contribution in [-0.2, 0) is 0 Å². The summed E-state index contributed by atoms with van der Waals surface area (Å²) >= 11 is 0. The van der Waals surface area contributed by atoms with Gasteiger partial charge in [0.15, 0.2) is 0 Å². The van der Waals surface area contributed by atoms with E-state index in [1.807, 2.05) is 18.2 Å². The molecule has 0 bridgehead atoms. The summed E-state index contributed by atoms with van der Waals surface area (Å²) in [7, 11) is 0. The average Bonchev–Trinajstić information content (AvgIpc) is 3.54. The fourth-order valence-electron chi connectivity index (χ4n) is 7.28. The van der Waals surface area contributed by atoms with Gasteiger partial charge in [0.05, 0.1) is 27.9 Å². The number of rotatable bonds is 3. The molecule has 0 saturated carbocycles. The van der Waals surface area contributed by atoms with Gasteiger partial charge in [0, 0.05) is 28.1 Å². The van der Waals surface area contributed by atoms with Gasteiger partial charge in [0.25, 0.3) is 0 Å². The molecule has 218 valence electrons. The van der Waals surface area contributed by atoms with Crippen molar-refractivity contribution in [3.8, 4) is 33.6 Å². The third-order valence-electron chi connectivity index (χ3n) is 9.36. The minimum atomic E-state index is 0.905. The molecular weight excluding hydrogens is 573 g/mol. The molecule has 4 aromatic heterocycles. The molecule has 0 spiro atoms. The molecule has 0 amide bonds. The highest BCUT2D eigenvalue weighted by Crippen LogP contribution is 2.44. The molecule has 4 heteroatoms. The van der Waals surface area contributed by atoms with Gasteiger partial charge in [-0.05, 0) is 69.1 Å². The Morgan fingerprint density at radius 3 is 1.89 bits per heavy atom. The molecular formula is C43H26N4. The molecule has 6 aromatic carbocycles. The van der Waals surface area contributed by atoms with Crippen molar-refractivity contribution >= 4 is 60.0 Å². The highest BCUT2D eigenvalue weighted by atomic mass is 15.0. The van der Waals surface area contributed by atoms with Crippen LogP contribution in [-0.4, -0.2) is 19.4 Å².